The Morgan fingerprint density at radius 3 is 2.35 bits per heavy atom. The van der Waals surface area contributed by atoms with Crippen LogP contribution in [0, 0.1) is 11.7 Å². The first-order chi connectivity index (χ1) is 9.20. The second-order valence-electron chi connectivity index (χ2n) is 5.59. The summed E-state index contributed by atoms with van der Waals surface area (Å²) in [6.45, 7) is 0. The van der Waals surface area contributed by atoms with Crippen LogP contribution in [0.25, 0.3) is 0 Å². The SMILES string of the molecule is NC1(Cc2ccc(F)cc2Cl)CCC(C(F)(F)F)CC1. The monoisotopic (exact) mass is 309 g/mol. The van der Waals surface area contributed by atoms with Gasteiger partial charge in [0.05, 0.1) is 5.92 Å². The molecule has 112 valence electrons. The first kappa shape index (κ1) is 15.6. The molecule has 0 saturated heterocycles. The molecule has 0 unspecified atom stereocenters. The third-order valence-corrected chi connectivity index (χ3v) is 4.35. The van der Waals surface area contributed by atoms with Gasteiger partial charge >= 0.3 is 6.18 Å². The molecule has 1 aliphatic carbocycles. The second-order valence-corrected chi connectivity index (χ2v) is 6.00. The summed E-state index contributed by atoms with van der Waals surface area (Å²) < 4.78 is 50.8. The van der Waals surface area contributed by atoms with E-state index in [0.29, 0.717) is 24.8 Å². The molecule has 6 heteroatoms. The minimum absolute atomic E-state index is 0.0405. The lowest BCUT2D eigenvalue weighted by molar-refractivity contribution is -0.184. The van der Waals surface area contributed by atoms with E-state index in [-0.39, 0.29) is 17.9 Å². The van der Waals surface area contributed by atoms with Crippen molar-refractivity contribution >= 4 is 11.6 Å². The molecule has 0 radical (unpaired) electrons. The van der Waals surface area contributed by atoms with Gasteiger partial charge < -0.3 is 5.73 Å². The topological polar surface area (TPSA) is 26.0 Å². The lowest BCUT2D eigenvalue weighted by Gasteiger charge is -2.38. The third kappa shape index (κ3) is 3.64. The minimum atomic E-state index is -4.14. The highest BCUT2D eigenvalue weighted by Gasteiger charge is 2.44. The van der Waals surface area contributed by atoms with E-state index in [1.807, 2.05) is 0 Å². The molecule has 1 saturated carbocycles. The highest BCUT2D eigenvalue weighted by molar-refractivity contribution is 6.31. The number of alkyl halides is 3. The molecular weight excluding hydrogens is 294 g/mol. The average molecular weight is 310 g/mol. The number of halogens is 5. The van der Waals surface area contributed by atoms with Crippen molar-refractivity contribution in [3.8, 4) is 0 Å². The van der Waals surface area contributed by atoms with E-state index in [0.717, 1.165) is 0 Å². The smallest absolute Gasteiger partial charge is 0.325 e. The molecule has 1 nitrogen and oxygen atoms in total. The predicted octanol–water partition coefficient (Wildman–Crippen LogP) is 4.47. The Hall–Kier alpha value is -0.810. The molecular formula is C14H16ClF4N. The zero-order valence-corrected chi connectivity index (χ0v) is 11.6. The summed E-state index contributed by atoms with van der Waals surface area (Å²) in [6, 6.07) is 4.02. The van der Waals surface area contributed by atoms with Gasteiger partial charge in [-0.3, -0.25) is 0 Å². The van der Waals surface area contributed by atoms with Gasteiger partial charge in [0.2, 0.25) is 0 Å². The zero-order valence-electron chi connectivity index (χ0n) is 10.8. The van der Waals surface area contributed by atoms with Crippen molar-refractivity contribution in [3.05, 3.63) is 34.6 Å². The van der Waals surface area contributed by atoms with E-state index in [4.69, 9.17) is 17.3 Å². The summed E-state index contributed by atoms with van der Waals surface area (Å²) in [6.07, 6.45) is -3.10. The maximum atomic E-state index is 13.0. The molecule has 0 heterocycles. The van der Waals surface area contributed by atoms with Crippen LogP contribution in [-0.4, -0.2) is 11.7 Å². The Bertz CT molecular complexity index is 479. The van der Waals surface area contributed by atoms with Gasteiger partial charge in [-0.15, -0.1) is 0 Å². The second kappa shape index (κ2) is 5.53. The average Bonchev–Trinajstić information content (AvgIpc) is 2.32. The van der Waals surface area contributed by atoms with E-state index >= 15 is 0 Å². The van der Waals surface area contributed by atoms with Gasteiger partial charge in [0.25, 0.3) is 0 Å². The Labute approximate surface area is 120 Å². The maximum Gasteiger partial charge on any atom is 0.391 e. The standard InChI is InChI=1S/C14H16ClF4N/c15-12-7-11(16)2-1-9(12)8-13(20)5-3-10(4-6-13)14(17,18)19/h1-2,7,10H,3-6,8,20H2. The molecule has 1 aliphatic rings. The van der Waals surface area contributed by atoms with Gasteiger partial charge in [-0.25, -0.2) is 4.39 Å². The van der Waals surface area contributed by atoms with Crippen molar-refractivity contribution in [2.45, 2.75) is 43.8 Å². The zero-order chi connectivity index (χ0) is 15.0. The van der Waals surface area contributed by atoms with Gasteiger partial charge in [-0.1, -0.05) is 17.7 Å². The first-order valence-electron chi connectivity index (χ1n) is 6.49. The van der Waals surface area contributed by atoms with E-state index in [1.54, 1.807) is 6.07 Å². The summed E-state index contributed by atoms with van der Waals surface area (Å²) in [7, 11) is 0. The van der Waals surface area contributed by atoms with Crippen molar-refractivity contribution in [3.63, 3.8) is 0 Å². The van der Waals surface area contributed by atoms with Crippen LogP contribution in [0.15, 0.2) is 18.2 Å². The highest BCUT2D eigenvalue weighted by Crippen LogP contribution is 2.41. The number of benzene rings is 1. The van der Waals surface area contributed by atoms with Crippen LogP contribution >= 0.6 is 11.6 Å². The summed E-state index contributed by atoms with van der Waals surface area (Å²) in [5, 5.41) is 0.271. The van der Waals surface area contributed by atoms with Crippen LogP contribution in [0.1, 0.15) is 31.2 Å². The maximum absolute atomic E-state index is 13.0. The van der Waals surface area contributed by atoms with Crippen LogP contribution in [-0.2, 0) is 6.42 Å². The summed E-state index contributed by atoms with van der Waals surface area (Å²) >= 11 is 5.94. The number of nitrogens with two attached hydrogens (primary N) is 1. The minimum Gasteiger partial charge on any atom is -0.325 e. The van der Waals surface area contributed by atoms with Gasteiger partial charge in [0.15, 0.2) is 0 Å². The van der Waals surface area contributed by atoms with Gasteiger partial charge in [0.1, 0.15) is 5.82 Å². The van der Waals surface area contributed by atoms with Crippen molar-refractivity contribution in [2.75, 3.05) is 0 Å². The number of hydrogen-bond acceptors (Lipinski definition) is 1. The van der Waals surface area contributed by atoms with Crippen molar-refractivity contribution in [1.29, 1.82) is 0 Å². The summed E-state index contributed by atoms with van der Waals surface area (Å²) in [5.74, 6) is -1.70. The number of rotatable bonds is 2. The molecule has 20 heavy (non-hydrogen) atoms. The molecule has 0 spiro atoms. The number of hydrogen-bond donors (Lipinski definition) is 1. The fraction of sp³-hybridized carbons (Fsp3) is 0.571. The van der Waals surface area contributed by atoms with E-state index < -0.39 is 23.5 Å². The molecule has 1 aromatic rings. The molecule has 0 aromatic heterocycles. The summed E-state index contributed by atoms with van der Waals surface area (Å²) in [4.78, 5) is 0. The molecule has 1 fully saturated rings. The fourth-order valence-electron chi connectivity index (χ4n) is 2.74. The van der Waals surface area contributed by atoms with Crippen LogP contribution in [0.5, 0.6) is 0 Å². The molecule has 1 aromatic carbocycles. The molecule has 0 amide bonds. The van der Waals surface area contributed by atoms with Gasteiger partial charge in [-0.05, 0) is 49.8 Å². The Morgan fingerprint density at radius 1 is 1.25 bits per heavy atom. The normalized spacial score (nSPS) is 27.6. The van der Waals surface area contributed by atoms with E-state index in [9.17, 15) is 17.6 Å². The predicted molar refractivity (Wildman–Crippen MR) is 70.0 cm³/mol. The lowest BCUT2D eigenvalue weighted by Crippen LogP contribution is -2.47. The van der Waals surface area contributed by atoms with Crippen molar-refractivity contribution < 1.29 is 17.6 Å². The Kier molecular flexibility index (Phi) is 4.30. The van der Waals surface area contributed by atoms with Gasteiger partial charge in [0, 0.05) is 10.6 Å². The highest BCUT2D eigenvalue weighted by atomic mass is 35.5. The van der Waals surface area contributed by atoms with Crippen molar-refractivity contribution in [1.82, 2.24) is 0 Å². The van der Waals surface area contributed by atoms with Crippen LogP contribution in [0.4, 0.5) is 17.6 Å². The summed E-state index contributed by atoms with van der Waals surface area (Å²) in [5.41, 5.74) is 6.17. The lowest BCUT2D eigenvalue weighted by atomic mass is 9.74. The Balaban J connectivity index is 2.03. The van der Waals surface area contributed by atoms with E-state index in [2.05, 4.69) is 0 Å². The molecule has 0 aliphatic heterocycles. The first-order valence-corrected chi connectivity index (χ1v) is 6.87. The Morgan fingerprint density at radius 2 is 1.85 bits per heavy atom. The van der Waals surface area contributed by atoms with Gasteiger partial charge in [-0.2, -0.15) is 13.2 Å². The van der Waals surface area contributed by atoms with Crippen LogP contribution in [0.3, 0.4) is 0 Å². The molecule has 0 atom stereocenters. The fourth-order valence-corrected chi connectivity index (χ4v) is 2.98. The van der Waals surface area contributed by atoms with Crippen molar-refractivity contribution in [2.24, 2.45) is 11.7 Å². The largest absolute Gasteiger partial charge is 0.391 e. The van der Waals surface area contributed by atoms with E-state index in [1.165, 1.54) is 12.1 Å². The van der Waals surface area contributed by atoms with Crippen LogP contribution in [0.2, 0.25) is 5.02 Å². The quantitative estimate of drug-likeness (QED) is 0.801. The molecule has 2 N–H and O–H groups in total. The van der Waals surface area contributed by atoms with Crippen LogP contribution < -0.4 is 5.73 Å². The molecule has 2 rings (SSSR count). The third-order valence-electron chi connectivity index (χ3n) is 4.00. The molecule has 0 bridgehead atoms.